The van der Waals surface area contributed by atoms with Gasteiger partial charge in [-0.15, -0.1) is 0 Å². The number of aliphatic hydroxyl groups excluding tert-OH is 1. The van der Waals surface area contributed by atoms with Gasteiger partial charge in [-0.2, -0.15) is 4.91 Å². The third-order valence-electron chi connectivity index (χ3n) is 5.78. The molecule has 2 aromatic carbocycles. The lowest BCUT2D eigenvalue weighted by molar-refractivity contribution is -0.122. The van der Waals surface area contributed by atoms with Gasteiger partial charge in [-0.1, -0.05) is 11.2 Å². The van der Waals surface area contributed by atoms with Crippen LogP contribution in [0, 0.1) is 4.91 Å². The molecule has 2 aliphatic heterocycles. The van der Waals surface area contributed by atoms with Crippen molar-refractivity contribution in [3.05, 3.63) is 52.9 Å². The number of ether oxygens (including phenoxy) is 4. The number of rotatable bonds is 12. The van der Waals surface area contributed by atoms with Gasteiger partial charge in [0.25, 0.3) is 0 Å². The number of β-amino-alcohol motifs (C(OH)–C–C–N with tert-alkyl or cyclic N) is 1. The lowest BCUT2D eigenvalue weighted by atomic mass is 9.97. The van der Waals surface area contributed by atoms with E-state index in [-0.39, 0.29) is 18.9 Å². The van der Waals surface area contributed by atoms with Crippen LogP contribution in [-0.2, 0) is 4.79 Å². The summed E-state index contributed by atoms with van der Waals surface area (Å²) in [7, 11) is 0. The molecule has 1 fully saturated rings. The van der Waals surface area contributed by atoms with E-state index in [9.17, 15) is 14.8 Å². The molecule has 11 heteroatoms. The van der Waals surface area contributed by atoms with Crippen molar-refractivity contribution in [3.8, 4) is 23.0 Å². The summed E-state index contributed by atoms with van der Waals surface area (Å²) in [4.78, 5) is 26.7. The van der Waals surface area contributed by atoms with Gasteiger partial charge in [0.2, 0.25) is 5.91 Å². The zero-order chi connectivity index (χ0) is 24.6. The van der Waals surface area contributed by atoms with Gasteiger partial charge in [0.1, 0.15) is 35.4 Å². The van der Waals surface area contributed by atoms with Crippen LogP contribution >= 0.6 is 22.6 Å². The predicted octanol–water partition coefficient (Wildman–Crippen LogP) is 2.67. The van der Waals surface area contributed by atoms with Gasteiger partial charge < -0.3 is 29.4 Å². The van der Waals surface area contributed by atoms with Crippen molar-refractivity contribution in [1.82, 2.24) is 10.2 Å². The molecule has 2 heterocycles. The maximum Gasteiger partial charge on any atom is 0.223 e. The summed E-state index contributed by atoms with van der Waals surface area (Å²) in [5.74, 6) is 2.29. The van der Waals surface area contributed by atoms with E-state index in [1.807, 2.05) is 4.90 Å². The lowest BCUT2D eigenvalue weighted by Gasteiger charge is -2.39. The number of hydrogen-bond acceptors (Lipinski definition) is 9. The van der Waals surface area contributed by atoms with E-state index in [2.05, 4.69) is 33.1 Å². The monoisotopic (exact) mass is 597 g/mol. The number of alkyl halides is 1. The fourth-order valence-electron chi connectivity index (χ4n) is 4.04. The number of carbonyl (C=O) groups is 1. The second-order valence-corrected chi connectivity index (χ2v) is 8.95. The molecule has 0 aromatic heterocycles. The summed E-state index contributed by atoms with van der Waals surface area (Å²) in [6.07, 6.45) is -0.289. The molecule has 2 aliphatic rings. The predicted molar refractivity (Wildman–Crippen MR) is 136 cm³/mol. The number of likely N-dealkylation sites (tertiary alicyclic amines) is 1. The molecule has 188 valence electrons. The van der Waals surface area contributed by atoms with Crippen LogP contribution in [0.25, 0.3) is 0 Å². The zero-order valence-electron chi connectivity index (χ0n) is 19.1. The molecule has 35 heavy (non-hydrogen) atoms. The molecule has 0 radical (unpaired) electrons. The zero-order valence-corrected chi connectivity index (χ0v) is 21.3. The number of fused-ring (bicyclic) bond motifs is 1. The van der Waals surface area contributed by atoms with Crippen LogP contribution in [-0.4, -0.2) is 72.1 Å². The number of amides is 1. The first-order valence-corrected chi connectivity index (χ1v) is 12.9. The Morgan fingerprint density at radius 3 is 2.46 bits per heavy atom. The van der Waals surface area contributed by atoms with E-state index in [0.29, 0.717) is 60.3 Å². The minimum Gasteiger partial charge on any atom is -0.493 e. The van der Waals surface area contributed by atoms with E-state index in [4.69, 9.17) is 18.9 Å². The molecule has 0 aliphatic carbocycles. The molecule has 1 saturated heterocycles. The Balaban J connectivity index is 1.38. The van der Waals surface area contributed by atoms with Crippen molar-refractivity contribution in [1.29, 1.82) is 0 Å². The van der Waals surface area contributed by atoms with Crippen LogP contribution < -0.4 is 24.3 Å². The first-order valence-electron chi connectivity index (χ1n) is 11.4. The molecule has 10 nitrogen and oxygen atoms in total. The van der Waals surface area contributed by atoms with Gasteiger partial charge in [-0.25, -0.2) is 0 Å². The summed E-state index contributed by atoms with van der Waals surface area (Å²) < 4.78 is 22.8. The summed E-state index contributed by atoms with van der Waals surface area (Å²) in [6.45, 7) is 2.42. The van der Waals surface area contributed by atoms with Crippen LogP contribution in [0.4, 0.5) is 0 Å². The standard InChI is InChI=1S/C24H28IN3O7/c25-15-35-19-4-2-18(3-5-19)32-8-7-23(30)26-20(14-28-12-17(29)13-28)24(27-31)16-1-6-21-22(11-16)34-10-9-33-21/h1-6,11,17,20,24,29H,7-10,12-15H2,(H,26,30)/t20-,24-/m1/s1. The van der Waals surface area contributed by atoms with Crippen LogP contribution in [0.15, 0.2) is 47.6 Å². The summed E-state index contributed by atoms with van der Waals surface area (Å²) in [6, 6.07) is 11.0. The van der Waals surface area contributed by atoms with Crippen molar-refractivity contribution < 1.29 is 28.8 Å². The van der Waals surface area contributed by atoms with Gasteiger partial charge in [0.15, 0.2) is 11.5 Å². The number of nitroso groups, excluding NO2 is 1. The van der Waals surface area contributed by atoms with E-state index < -0.39 is 18.2 Å². The summed E-state index contributed by atoms with van der Waals surface area (Å²) in [5.41, 5.74) is 0.626. The number of benzene rings is 2. The van der Waals surface area contributed by atoms with Gasteiger partial charge >= 0.3 is 0 Å². The normalized spacial score (nSPS) is 17.1. The Morgan fingerprint density at radius 2 is 1.80 bits per heavy atom. The molecule has 2 N–H and O–H groups in total. The number of aliphatic hydroxyl groups is 1. The number of carbonyl (C=O) groups excluding carboxylic acids is 1. The number of halogens is 1. The van der Waals surface area contributed by atoms with Gasteiger partial charge in [-0.3, -0.25) is 9.69 Å². The minimum atomic E-state index is -0.834. The third-order valence-corrected chi connectivity index (χ3v) is 6.10. The van der Waals surface area contributed by atoms with E-state index >= 15 is 0 Å². The summed E-state index contributed by atoms with van der Waals surface area (Å²) in [5, 5.41) is 16.0. The first kappa shape index (κ1) is 25.5. The highest BCUT2D eigenvalue weighted by atomic mass is 127. The number of nitrogens with zero attached hydrogens (tertiary/aromatic N) is 2. The number of nitrogens with one attached hydrogen (secondary N) is 1. The Labute approximate surface area is 217 Å². The Kier molecular flexibility index (Phi) is 8.99. The minimum absolute atomic E-state index is 0.109. The quantitative estimate of drug-likeness (QED) is 0.218. The van der Waals surface area contributed by atoms with Gasteiger partial charge in [0, 0.05) is 19.6 Å². The first-order chi connectivity index (χ1) is 17.1. The molecule has 2 aromatic rings. The van der Waals surface area contributed by atoms with Crippen LogP contribution in [0.3, 0.4) is 0 Å². The Hall–Kier alpha value is -2.64. The topological polar surface area (TPSA) is 119 Å². The van der Waals surface area contributed by atoms with Gasteiger partial charge in [-0.05, 0) is 64.6 Å². The van der Waals surface area contributed by atoms with Crippen LogP contribution in [0.5, 0.6) is 23.0 Å². The average Bonchev–Trinajstić information content (AvgIpc) is 2.84. The van der Waals surface area contributed by atoms with Crippen molar-refractivity contribution in [3.63, 3.8) is 0 Å². The number of hydrogen-bond donors (Lipinski definition) is 2. The lowest BCUT2D eigenvalue weighted by Crippen LogP contribution is -2.56. The molecule has 0 unspecified atom stereocenters. The molecule has 0 bridgehead atoms. The second kappa shape index (κ2) is 12.4. The van der Waals surface area contributed by atoms with E-state index in [0.717, 1.165) is 5.75 Å². The summed E-state index contributed by atoms with van der Waals surface area (Å²) >= 11 is 2.12. The van der Waals surface area contributed by atoms with Crippen molar-refractivity contribution in [2.45, 2.75) is 24.6 Å². The Bertz CT molecular complexity index is 1000. The molecular weight excluding hydrogens is 569 g/mol. The largest absolute Gasteiger partial charge is 0.493 e. The fraction of sp³-hybridized carbons (Fsp3) is 0.458. The Morgan fingerprint density at radius 1 is 1.11 bits per heavy atom. The van der Waals surface area contributed by atoms with Crippen LogP contribution in [0.1, 0.15) is 18.0 Å². The molecule has 2 atom stereocenters. The average molecular weight is 597 g/mol. The van der Waals surface area contributed by atoms with E-state index in [1.54, 1.807) is 42.5 Å². The second-order valence-electron chi connectivity index (χ2n) is 8.32. The van der Waals surface area contributed by atoms with Crippen LogP contribution in [0.2, 0.25) is 0 Å². The molecule has 0 spiro atoms. The van der Waals surface area contributed by atoms with Crippen molar-refractivity contribution >= 4 is 28.5 Å². The molecule has 1 amide bonds. The van der Waals surface area contributed by atoms with Crippen molar-refractivity contribution in [2.24, 2.45) is 5.18 Å². The maximum absolute atomic E-state index is 12.8. The van der Waals surface area contributed by atoms with Crippen molar-refractivity contribution in [2.75, 3.05) is 44.1 Å². The highest BCUT2D eigenvalue weighted by molar-refractivity contribution is 14.1. The maximum atomic E-state index is 12.8. The highest BCUT2D eigenvalue weighted by Crippen LogP contribution is 2.35. The molecular formula is C24H28IN3O7. The highest BCUT2D eigenvalue weighted by Gasteiger charge is 2.33. The van der Waals surface area contributed by atoms with E-state index in [1.165, 1.54) is 0 Å². The SMILES string of the molecule is O=N[C@H](c1ccc2c(c1)OCCO2)[C@@H](CN1CC(O)C1)NC(=O)CCOc1ccc(OCI)cc1. The van der Waals surface area contributed by atoms with Gasteiger partial charge in [0.05, 0.1) is 25.2 Å². The molecule has 4 rings (SSSR count). The smallest absolute Gasteiger partial charge is 0.223 e. The molecule has 0 saturated carbocycles. The fourth-order valence-corrected chi connectivity index (χ4v) is 4.40. The third kappa shape index (κ3) is 6.95.